The highest BCUT2D eigenvalue weighted by molar-refractivity contribution is 7.92. The third kappa shape index (κ3) is 5.42. The SMILES string of the molecule is CC(=O)N1CCC2(CC1)c1cc(NC(=O)c3cc(F)ccc3C(F)(F)F)ccc1N(S(=O)(=O)c1ccc(F)cc1)C2C(C)C. The lowest BCUT2D eigenvalue weighted by molar-refractivity contribution is -0.138. The van der Waals surface area contributed by atoms with Crippen molar-refractivity contribution < 1.29 is 40.0 Å². The second-order valence-electron chi connectivity index (χ2n) is 11.5. The Labute approximate surface area is 251 Å². The smallest absolute Gasteiger partial charge is 0.343 e. The number of carbonyl (C=O) groups excluding carboxylic acids is 2. The van der Waals surface area contributed by atoms with Crippen LogP contribution in [0, 0.1) is 17.6 Å². The molecule has 2 aliphatic heterocycles. The molecule has 2 heterocycles. The van der Waals surface area contributed by atoms with Crippen LogP contribution >= 0.6 is 0 Å². The first-order valence-corrected chi connectivity index (χ1v) is 15.4. The number of nitrogens with zero attached hydrogens (tertiary/aromatic N) is 2. The zero-order chi connectivity index (χ0) is 32.2. The number of anilines is 2. The Hall–Kier alpha value is -4.00. The maximum absolute atomic E-state index is 14.2. The van der Waals surface area contributed by atoms with E-state index in [1.807, 2.05) is 13.8 Å². The molecular formula is C31H30F5N3O4S. The van der Waals surface area contributed by atoms with Gasteiger partial charge in [-0.15, -0.1) is 0 Å². The predicted molar refractivity (Wildman–Crippen MR) is 154 cm³/mol. The second kappa shape index (κ2) is 11.2. The number of piperidine rings is 1. The molecule has 3 aromatic carbocycles. The van der Waals surface area contributed by atoms with Gasteiger partial charge in [0.05, 0.1) is 27.8 Å². The Balaban J connectivity index is 1.63. The lowest BCUT2D eigenvalue weighted by Crippen LogP contribution is -2.55. The number of hydrogen-bond donors (Lipinski definition) is 1. The van der Waals surface area contributed by atoms with Gasteiger partial charge in [-0.2, -0.15) is 13.2 Å². The Kier molecular flexibility index (Phi) is 7.98. The molecule has 7 nitrogen and oxygen atoms in total. The van der Waals surface area contributed by atoms with Gasteiger partial charge in [-0.05, 0) is 85.0 Å². The van der Waals surface area contributed by atoms with E-state index in [1.165, 1.54) is 35.5 Å². The number of fused-ring (bicyclic) bond motifs is 2. The summed E-state index contributed by atoms with van der Waals surface area (Å²) in [5.74, 6) is -3.19. The van der Waals surface area contributed by atoms with Crippen molar-refractivity contribution in [3.05, 3.63) is 89.0 Å². The fourth-order valence-electron chi connectivity index (χ4n) is 6.58. The van der Waals surface area contributed by atoms with Crippen LogP contribution in [0.4, 0.5) is 33.3 Å². The minimum absolute atomic E-state index is 0.0862. The van der Waals surface area contributed by atoms with Gasteiger partial charge in [-0.3, -0.25) is 13.9 Å². The molecule has 1 saturated heterocycles. The topological polar surface area (TPSA) is 86.8 Å². The van der Waals surface area contributed by atoms with Crippen molar-refractivity contribution in [1.82, 2.24) is 4.90 Å². The molecule has 1 unspecified atom stereocenters. The van der Waals surface area contributed by atoms with E-state index in [2.05, 4.69) is 5.32 Å². The van der Waals surface area contributed by atoms with Gasteiger partial charge in [0.25, 0.3) is 15.9 Å². The van der Waals surface area contributed by atoms with Crippen LogP contribution in [-0.4, -0.2) is 44.3 Å². The lowest BCUT2D eigenvalue weighted by atomic mass is 9.66. The number of hydrogen-bond acceptors (Lipinski definition) is 4. The maximum atomic E-state index is 14.2. The summed E-state index contributed by atoms with van der Waals surface area (Å²) in [5, 5.41) is 2.43. The summed E-state index contributed by atoms with van der Waals surface area (Å²) >= 11 is 0. The fraction of sp³-hybridized carbons (Fsp3) is 0.355. The molecule has 1 fully saturated rings. The normalized spacial score (nSPS) is 18.1. The standard InChI is InChI=1S/C31H30F5N3O4S/c1-18(2)28-30(12-14-38(15-13-30)19(3)40)26-17-22(37-29(41)24-16-21(33)6-10-25(24)31(34,35)36)7-11-27(26)39(28)44(42,43)23-8-4-20(32)5-9-23/h4-11,16-18,28H,12-15H2,1-3H3,(H,37,41). The number of halogens is 5. The van der Waals surface area contributed by atoms with Crippen LogP contribution in [-0.2, 0) is 26.4 Å². The van der Waals surface area contributed by atoms with Crippen molar-refractivity contribution >= 4 is 33.2 Å². The predicted octanol–water partition coefficient (Wildman–Crippen LogP) is 6.35. The van der Waals surface area contributed by atoms with E-state index >= 15 is 0 Å². The van der Waals surface area contributed by atoms with Crippen LogP contribution in [0.1, 0.15) is 55.1 Å². The van der Waals surface area contributed by atoms with Crippen molar-refractivity contribution in [2.75, 3.05) is 22.7 Å². The summed E-state index contributed by atoms with van der Waals surface area (Å²) in [6.07, 6.45) is -4.17. The van der Waals surface area contributed by atoms with Crippen LogP contribution < -0.4 is 9.62 Å². The van der Waals surface area contributed by atoms with E-state index < -0.39 is 56.3 Å². The number of alkyl halides is 3. The fourth-order valence-corrected chi connectivity index (χ4v) is 8.45. The molecular weight excluding hydrogens is 605 g/mol. The highest BCUT2D eigenvalue weighted by atomic mass is 32.2. The summed E-state index contributed by atoms with van der Waals surface area (Å²) in [7, 11) is -4.24. The van der Waals surface area contributed by atoms with Gasteiger partial charge in [-0.25, -0.2) is 17.2 Å². The number of likely N-dealkylation sites (tertiary alicyclic amines) is 1. The highest BCUT2D eigenvalue weighted by Crippen LogP contribution is 2.55. The molecule has 5 rings (SSSR count). The van der Waals surface area contributed by atoms with Crippen LogP contribution in [0.2, 0.25) is 0 Å². The average molecular weight is 636 g/mol. The van der Waals surface area contributed by atoms with Gasteiger partial charge < -0.3 is 10.2 Å². The molecule has 1 N–H and O–H groups in total. The largest absolute Gasteiger partial charge is 0.417 e. The van der Waals surface area contributed by atoms with Gasteiger partial charge in [-0.1, -0.05) is 13.8 Å². The minimum Gasteiger partial charge on any atom is -0.343 e. The Bertz CT molecular complexity index is 1720. The molecule has 0 aliphatic carbocycles. The molecule has 1 atom stereocenters. The highest BCUT2D eigenvalue weighted by Gasteiger charge is 2.56. The van der Waals surface area contributed by atoms with E-state index in [9.17, 15) is 40.0 Å². The Morgan fingerprint density at radius 2 is 1.55 bits per heavy atom. The molecule has 13 heteroatoms. The van der Waals surface area contributed by atoms with E-state index in [-0.39, 0.29) is 22.4 Å². The maximum Gasteiger partial charge on any atom is 0.417 e. The molecule has 3 aromatic rings. The van der Waals surface area contributed by atoms with Gasteiger partial charge >= 0.3 is 6.18 Å². The summed E-state index contributed by atoms with van der Waals surface area (Å²) < 4.78 is 98.1. The second-order valence-corrected chi connectivity index (χ2v) is 13.3. The third-order valence-corrected chi connectivity index (χ3v) is 10.3. The molecule has 0 radical (unpaired) electrons. The number of carbonyl (C=O) groups is 2. The number of benzene rings is 3. The average Bonchev–Trinajstić information content (AvgIpc) is 3.23. The summed E-state index contributed by atoms with van der Waals surface area (Å²) in [5.41, 5.74) is -2.10. The first-order chi connectivity index (χ1) is 20.6. The first-order valence-electron chi connectivity index (χ1n) is 13.9. The minimum atomic E-state index is -4.91. The molecule has 44 heavy (non-hydrogen) atoms. The molecule has 0 saturated carbocycles. The number of nitrogens with one attached hydrogen (secondary N) is 1. The van der Waals surface area contributed by atoms with Gasteiger partial charge in [0, 0.05) is 31.1 Å². The molecule has 2 aliphatic rings. The van der Waals surface area contributed by atoms with E-state index in [0.29, 0.717) is 55.4 Å². The van der Waals surface area contributed by atoms with E-state index in [4.69, 9.17) is 0 Å². The quantitative estimate of drug-likeness (QED) is 0.331. The number of amides is 2. The lowest BCUT2D eigenvalue weighted by Gasteiger charge is -2.46. The van der Waals surface area contributed by atoms with Crippen molar-refractivity contribution in [2.24, 2.45) is 5.92 Å². The first kappa shape index (κ1) is 31.4. The van der Waals surface area contributed by atoms with Crippen LogP contribution in [0.5, 0.6) is 0 Å². The molecule has 2 amide bonds. The van der Waals surface area contributed by atoms with Crippen LogP contribution in [0.15, 0.2) is 65.6 Å². The van der Waals surface area contributed by atoms with Gasteiger partial charge in [0.2, 0.25) is 5.91 Å². The molecule has 0 aromatic heterocycles. The van der Waals surface area contributed by atoms with Crippen molar-refractivity contribution in [3.8, 4) is 0 Å². The Morgan fingerprint density at radius 1 is 0.932 bits per heavy atom. The van der Waals surface area contributed by atoms with E-state index in [0.717, 1.165) is 12.1 Å². The number of rotatable bonds is 5. The van der Waals surface area contributed by atoms with Crippen LogP contribution in [0.25, 0.3) is 0 Å². The summed E-state index contributed by atoms with van der Waals surface area (Å²) in [6, 6.07) is 9.83. The van der Waals surface area contributed by atoms with Crippen molar-refractivity contribution in [1.29, 1.82) is 0 Å². The molecule has 234 valence electrons. The molecule has 1 spiro atoms. The van der Waals surface area contributed by atoms with Gasteiger partial charge in [0.1, 0.15) is 11.6 Å². The summed E-state index contributed by atoms with van der Waals surface area (Å²) in [4.78, 5) is 26.8. The monoisotopic (exact) mass is 635 g/mol. The van der Waals surface area contributed by atoms with Crippen molar-refractivity contribution in [2.45, 2.75) is 56.1 Å². The van der Waals surface area contributed by atoms with Crippen LogP contribution in [0.3, 0.4) is 0 Å². The van der Waals surface area contributed by atoms with E-state index in [1.54, 1.807) is 11.0 Å². The zero-order valence-electron chi connectivity index (χ0n) is 24.1. The van der Waals surface area contributed by atoms with Crippen molar-refractivity contribution in [3.63, 3.8) is 0 Å². The molecule has 0 bridgehead atoms. The third-order valence-electron chi connectivity index (χ3n) is 8.48. The zero-order valence-corrected chi connectivity index (χ0v) is 24.9. The number of sulfonamides is 1. The van der Waals surface area contributed by atoms with Gasteiger partial charge in [0.15, 0.2) is 0 Å². The Morgan fingerprint density at radius 3 is 2.11 bits per heavy atom. The summed E-state index contributed by atoms with van der Waals surface area (Å²) in [6.45, 7) is 5.85.